The van der Waals surface area contributed by atoms with Crippen molar-refractivity contribution in [3.05, 3.63) is 23.9 Å². The molecule has 0 aromatic carbocycles. The van der Waals surface area contributed by atoms with Crippen LogP contribution in [0.3, 0.4) is 0 Å². The van der Waals surface area contributed by atoms with Crippen molar-refractivity contribution in [2.75, 3.05) is 26.8 Å². The van der Waals surface area contributed by atoms with Crippen LogP contribution in [-0.2, 0) is 16.1 Å². The molecule has 1 amide bonds. The zero-order chi connectivity index (χ0) is 14.2. The van der Waals surface area contributed by atoms with Gasteiger partial charge in [0.1, 0.15) is 6.61 Å². The van der Waals surface area contributed by atoms with Crippen molar-refractivity contribution in [1.82, 2.24) is 15.6 Å². The number of carbonyl (C=O) groups excluding carboxylic acids is 1. The van der Waals surface area contributed by atoms with Crippen molar-refractivity contribution in [2.24, 2.45) is 0 Å². The van der Waals surface area contributed by atoms with E-state index < -0.39 is 0 Å². The largest absolute Gasteiger partial charge is 0.481 e. The number of piperidine rings is 1. The second-order valence-electron chi connectivity index (χ2n) is 4.74. The highest BCUT2D eigenvalue weighted by molar-refractivity contribution is 5.77. The summed E-state index contributed by atoms with van der Waals surface area (Å²) in [4.78, 5) is 15.7. The summed E-state index contributed by atoms with van der Waals surface area (Å²) in [5.41, 5.74) is 0.951. The quantitative estimate of drug-likeness (QED) is 0.792. The molecule has 1 saturated heterocycles. The summed E-state index contributed by atoms with van der Waals surface area (Å²) >= 11 is 0. The molecule has 1 aromatic rings. The summed E-state index contributed by atoms with van der Waals surface area (Å²) in [6, 6.07) is 3.64. The van der Waals surface area contributed by atoms with Crippen LogP contribution in [0.4, 0.5) is 0 Å². The molecule has 20 heavy (non-hydrogen) atoms. The normalized spacial score (nSPS) is 15.8. The number of rotatable bonds is 6. The number of hydrogen-bond acceptors (Lipinski definition) is 5. The fraction of sp³-hybridized carbons (Fsp3) is 0.571. The average molecular weight is 279 g/mol. The maximum atomic E-state index is 11.7. The monoisotopic (exact) mass is 279 g/mol. The predicted octanol–water partition coefficient (Wildman–Crippen LogP) is 0.475. The number of aromatic nitrogens is 1. The first-order valence-corrected chi connectivity index (χ1v) is 6.86. The molecule has 0 atom stereocenters. The third kappa shape index (κ3) is 4.79. The molecular formula is C14H21N3O3. The lowest BCUT2D eigenvalue weighted by Gasteiger charge is -2.22. The average Bonchev–Trinajstić information content (AvgIpc) is 2.52. The topological polar surface area (TPSA) is 72.5 Å². The zero-order valence-corrected chi connectivity index (χ0v) is 11.7. The van der Waals surface area contributed by atoms with Gasteiger partial charge in [-0.2, -0.15) is 0 Å². The molecule has 0 aliphatic carbocycles. The van der Waals surface area contributed by atoms with Crippen molar-refractivity contribution in [3.63, 3.8) is 0 Å². The highest BCUT2D eigenvalue weighted by Gasteiger charge is 2.14. The van der Waals surface area contributed by atoms with Crippen LogP contribution in [0.15, 0.2) is 18.3 Å². The number of methoxy groups -OCH3 is 1. The summed E-state index contributed by atoms with van der Waals surface area (Å²) in [7, 11) is 1.57. The van der Waals surface area contributed by atoms with E-state index in [1.54, 1.807) is 19.4 Å². The molecule has 1 aliphatic heterocycles. The second-order valence-corrected chi connectivity index (χ2v) is 4.74. The molecule has 0 radical (unpaired) electrons. The van der Waals surface area contributed by atoms with Gasteiger partial charge in [-0.1, -0.05) is 0 Å². The van der Waals surface area contributed by atoms with Crippen molar-refractivity contribution >= 4 is 5.91 Å². The molecular weight excluding hydrogens is 258 g/mol. The standard InChI is InChI=1S/C14H21N3O3/c1-19-14-8-11(2-7-16-14)9-17-13(18)10-20-12-3-5-15-6-4-12/h2,7-8,12,15H,3-6,9-10H2,1H3,(H,17,18). The van der Waals surface area contributed by atoms with Gasteiger partial charge in [-0.15, -0.1) is 0 Å². The van der Waals surface area contributed by atoms with Crippen LogP contribution >= 0.6 is 0 Å². The third-order valence-corrected chi connectivity index (χ3v) is 3.23. The molecule has 1 fully saturated rings. The molecule has 1 aromatic heterocycles. The molecule has 0 bridgehead atoms. The first-order valence-electron chi connectivity index (χ1n) is 6.86. The minimum Gasteiger partial charge on any atom is -0.481 e. The van der Waals surface area contributed by atoms with E-state index in [1.165, 1.54) is 0 Å². The molecule has 0 saturated carbocycles. The number of nitrogens with zero attached hydrogens (tertiary/aromatic N) is 1. The lowest BCUT2D eigenvalue weighted by atomic mass is 10.1. The molecule has 1 aliphatic rings. The Kier molecular flexibility index (Phi) is 5.76. The summed E-state index contributed by atoms with van der Waals surface area (Å²) in [6.45, 7) is 2.49. The van der Waals surface area contributed by atoms with E-state index in [0.717, 1.165) is 31.5 Å². The summed E-state index contributed by atoms with van der Waals surface area (Å²) in [6.07, 6.45) is 3.79. The van der Waals surface area contributed by atoms with Crippen molar-refractivity contribution < 1.29 is 14.3 Å². The minimum atomic E-state index is -0.0979. The van der Waals surface area contributed by atoms with Gasteiger partial charge in [0.2, 0.25) is 11.8 Å². The van der Waals surface area contributed by atoms with Gasteiger partial charge in [-0.05, 0) is 37.6 Å². The Hall–Kier alpha value is -1.66. The molecule has 0 spiro atoms. The van der Waals surface area contributed by atoms with E-state index in [1.807, 2.05) is 6.07 Å². The summed E-state index contributed by atoms with van der Waals surface area (Å²) in [5.74, 6) is 0.446. The fourth-order valence-corrected chi connectivity index (χ4v) is 2.08. The first kappa shape index (κ1) is 14.7. The Labute approximate surface area is 118 Å². The lowest BCUT2D eigenvalue weighted by molar-refractivity contribution is -0.128. The van der Waals surface area contributed by atoms with E-state index in [0.29, 0.717) is 12.4 Å². The number of pyridine rings is 1. The van der Waals surface area contributed by atoms with Crippen LogP contribution < -0.4 is 15.4 Å². The molecule has 2 N–H and O–H groups in total. The van der Waals surface area contributed by atoms with Gasteiger partial charge in [0, 0.05) is 18.8 Å². The van der Waals surface area contributed by atoms with Crippen LogP contribution in [0.1, 0.15) is 18.4 Å². The maximum absolute atomic E-state index is 11.7. The first-order chi connectivity index (χ1) is 9.78. The van der Waals surface area contributed by atoms with Crippen molar-refractivity contribution in [3.8, 4) is 5.88 Å². The maximum Gasteiger partial charge on any atom is 0.246 e. The fourth-order valence-electron chi connectivity index (χ4n) is 2.08. The Morgan fingerprint density at radius 3 is 3.05 bits per heavy atom. The number of amides is 1. The van der Waals surface area contributed by atoms with Crippen molar-refractivity contribution in [1.29, 1.82) is 0 Å². The number of ether oxygens (including phenoxy) is 2. The molecule has 0 unspecified atom stereocenters. The van der Waals surface area contributed by atoms with Crippen molar-refractivity contribution in [2.45, 2.75) is 25.5 Å². The highest BCUT2D eigenvalue weighted by Crippen LogP contribution is 2.08. The predicted molar refractivity (Wildman–Crippen MR) is 74.5 cm³/mol. The van der Waals surface area contributed by atoms with E-state index in [2.05, 4.69) is 15.6 Å². The number of nitrogens with one attached hydrogen (secondary N) is 2. The smallest absolute Gasteiger partial charge is 0.246 e. The lowest BCUT2D eigenvalue weighted by Crippen LogP contribution is -2.35. The van der Waals surface area contributed by atoms with Crippen LogP contribution in [0.5, 0.6) is 5.88 Å². The molecule has 2 rings (SSSR count). The molecule has 6 nitrogen and oxygen atoms in total. The van der Waals surface area contributed by atoms with Crippen LogP contribution in [-0.4, -0.2) is 43.8 Å². The second kappa shape index (κ2) is 7.81. The summed E-state index contributed by atoms with van der Waals surface area (Å²) < 4.78 is 10.6. The van der Waals surface area contributed by atoms with E-state index in [-0.39, 0.29) is 18.6 Å². The van der Waals surface area contributed by atoms with Gasteiger partial charge in [0.05, 0.1) is 13.2 Å². The van der Waals surface area contributed by atoms with Gasteiger partial charge in [0.15, 0.2) is 0 Å². The van der Waals surface area contributed by atoms with Gasteiger partial charge in [0.25, 0.3) is 0 Å². The summed E-state index contributed by atoms with van der Waals surface area (Å²) in [5, 5.41) is 6.09. The van der Waals surface area contributed by atoms with Gasteiger partial charge in [-0.3, -0.25) is 4.79 Å². The van der Waals surface area contributed by atoms with E-state index >= 15 is 0 Å². The molecule has 6 heteroatoms. The Morgan fingerprint density at radius 2 is 2.30 bits per heavy atom. The highest BCUT2D eigenvalue weighted by atomic mass is 16.5. The third-order valence-electron chi connectivity index (χ3n) is 3.23. The van der Waals surface area contributed by atoms with Gasteiger partial charge >= 0.3 is 0 Å². The number of hydrogen-bond donors (Lipinski definition) is 2. The Balaban J connectivity index is 1.68. The Morgan fingerprint density at radius 1 is 1.50 bits per heavy atom. The van der Waals surface area contributed by atoms with E-state index in [4.69, 9.17) is 9.47 Å². The molecule has 2 heterocycles. The van der Waals surface area contributed by atoms with Gasteiger partial charge in [-0.25, -0.2) is 4.98 Å². The Bertz CT molecular complexity index is 433. The number of carbonyl (C=O) groups is 1. The van der Waals surface area contributed by atoms with Crippen LogP contribution in [0, 0.1) is 0 Å². The zero-order valence-electron chi connectivity index (χ0n) is 11.7. The van der Waals surface area contributed by atoms with Gasteiger partial charge < -0.3 is 20.1 Å². The SMILES string of the molecule is COc1cc(CNC(=O)COC2CCNCC2)ccn1. The van der Waals surface area contributed by atoms with Crippen LogP contribution in [0.25, 0.3) is 0 Å². The van der Waals surface area contributed by atoms with Crippen LogP contribution in [0.2, 0.25) is 0 Å². The minimum absolute atomic E-state index is 0.0979. The van der Waals surface area contributed by atoms with E-state index in [9.17, 15) is 4.79 Å². The molecule has 110 valence electrons.